The summed E-state index contributed by atoms with van der Waals surface area (Å²) in [5.74, 6) is -0.717. The van der Waals surface area contributed by atoms with E-state index in [4.69, 9.17) is 23.2 Å². The summed E-state index contributed by atoms with van der Waals surface area (Å²) in [5.41, 5.74) is 2.13. The molecule has 1 saturated heterocycles. The first-order chi connectivity index (χ1) is 11.5. The fourth-order valence-corrected chi connectivity index (χ4v) is 3.15. The number of hydrogen-bond acceptors (Lipinski definition) is 2. The van der Waals surface area contributed by atoms with Crippen LogP contribution in [0.3, 0.4) is 0 Å². The molecule has 2 aromatic carbocycles. The van der Waals surface area contributed by atoms with E-state index in [-0.39, 0.29) is 18.2 Å². The van der Waals surface area contributed by atoms with Crippen LogP contribution in [0.2, 0.25) is 10.0 Å². The standard InChI is InChI=1S/C18H16Cl2N2O2/c1-11-13(19)6-4-8-16(11)22-10-12(9-17(22)23)18(24)21-15-7-3-2-5-14(15)20/h2-8,12H,9-10H2,1H3,(H,21,24)/t12-/m0/s1. The van der Waals surface area contributed by atoms with E-state index in [2.05, 4.69) is 5.32 Å². The van der Waals surface area contributed by atoms with Crippen molar-refractivity contribution in [1.29, 1.82) is 0 Å². The Morgan fingerprint density at radius 1 is 1.12 bits per heavy atom. The lowest BCUT2D eigenvalue weighted by Crippen LogP contribution is -2.28. The molecule has 1 N–H and O–H groups in total. The fourth-order valence-electron chi connectivity index (χ4n) is 2.80. The summed E-state index contributed by atoms with van der Waals surface area (Å²) in [6.45, 7) is 2.19. The minimum absolute atomic E-state index is 0.0836. The summed E-state index contributed by atoms with van der Waals surface area (Å²) in [6.07, 6.45) is 0.169. The number of halogens is 2. The van der Waals surface area contributed by atoms with E-state index in [1.807, 2.05) is 13.0 Å². The van der Waals surface area contributed by atoms with E-state index in [1.165, 1.54) is 0 Å². The largest absolute Gasteiger partial charge is 0.324 e. The minimum atomic E-state index is -0.424. The van der Waals surface area contributed by atoms with Gasteiger partial charge in [0.05, 0.1) is 16.6 Å². The Morgan fingerprint density at radius 3 is 2.58 bits per heavy atom. The Morgan fingerprint density at radius 2 is 1.83 bits per heavy atom. The van der Waals surface area contributed by atoms with Crippen LogP contribution in [0.15, 0.2) is 42.5 Å². The molecule has 0 aliphatic carbocycles. The molecule has 6 heteroatoms. The van der Waals surface area contributed by atoms with Crippen LogP contribution in [-0.2, 0) is 9.59 Å². The monoisotopic (exact) mass is 362 g/mol. The molecule has 4 nitrogen and oxygen atoms in total. The van der Waals surface area contributed by atoms with Crippen molar-refractivity contribution in [1.82, 2.24) is 0 Å². The normalized spacial score (nSPS) is 17.2. The predicted octanol–water partition coefficient (Wildman–Crippen LogP) is 4.29. The molecular weight excluding hydrogens is 347 g/mol. The molecule has 0 saturated carbocycles. The zero-order valence-electron chi connectivity index (χ0n) is 13.1. The number of hydrogen-bond donors (Lipinski definition) is 1. The number of benzene rings is 2. The van der Waals surface area contributed by atoms with Crippen LogP contribution >= 0.6 is 23.2 Å². The SMILES string of the molecule is Cc1c(Cl)cccc1N1C[C@@H](C(=O)Nc2ccccc2Cl)CC1=O. The number of carbonyl (C=O) groups excluding carboxylic acids is 2. The molecule has 2 aromatic rings. The third-order valence-electron chi connectivity index (χ3n) is 4.16. The van der Waals surface area contributed by atoms with E-state index < -0.39 is 5.92 Å². The quantitative estimate of drug-likeness (QED) is 0.884. The number of carbonyl (C=O) groups is 2. The lowest BCUT2D eigenvalue weighted by molar-refractivity contribution is -0.122. The predicted molar refractivity (Wildman–Crippen MR) is 96.7 cm³/mol. The van der Waals surface area contributed by atoms with Crippen LogP contribution in [-0.4, -0.2) is 18.4 Å². The average Bonchev–Trinajstić information content (AvgIpc) is 2.94. The minimum Gasteiger partial charge on any atom is -0.324 e. The number of anilines is 2. The molecule has 1 heterocycles. The van der Waals surface area contributed by atoms with Crippen molar-refractivity contribution in [2.75, 3.05) is 16.8 Å². The van der Waals surface area contributed by atoms with Crippen LogP contribution in [0.1, 0.15) is 12.0 Å². The molecule has 1 aliphatic heterocycles. The highest BCUT2D eigenvalue weighted by molar-refractivity contribution is 6.33. The third kappa shape index (κ3) is 3.25. The van der Waals surface area contributed by atoms with Gasteiger partial charge in [-0.15, -0.1) is 0 Å². The van der Waals surface area contributed by atoms with Gasteiger partial charge in [-0.25, -0.2) is 0 Å². The summed E-state index contributed by atoms with van der Waals surface area (Å²) in [4.78, 5) is 26.4. The van der Waals surface area contributed by atoms with Crippen molar-refractivity contribution in [2.24, 2.45) is 5.92 Å². The molecule has 3 rings (SSSR count). The fraction of sp³-hybridized carbons (Fsp3) is 0.222. The first-order valence-electron chi connectivity index (χ1n) is 7.58. The van der Waals surface area contributed by atoms with E-state index >= 15 is 0 Å². The maximum absolute atomic E-state index is 12.5. The molecule has 0 radical (unpaired) electrons. The summed E-state index contributed by atoms with van der Waals surface area (Å²) >= 11 is 12.2. The molecule has 0 unspecified atom stereocenters. The van der Waals surface area contributed by atoms with Crippen molar-refractivity contribution >= 4 is 46.4 Å². The van der Waals surface area contributed by atoms with Gasteiger partial charge in [0.15, 0.2) is 0 Å². The Labute approximate surface area is 150 Å². The van der Waals surface area contributed by atoms with Crippen molar-refractivity contribution < 1.29 is 9.59 Å². The Kier molecular flexibility index (Phi) is 4.78. The second-order valence-electron chi connectivity index (χ2n) is 5.76. The lowest BCUT2D eigenvalue weighted by atomic mass is 10.1. The Balaban J connectivity index is 1.76. The Bertz CT molecular complexity index is 807. The second-order valence-corrected chi connectivity index (χ2v) is 6.57. The van der Waals surface area contributed by atoms with Crippen LogP contribution in [0.4, 0.5) is 11.4 Å². The summed E-state index contributed by atoms with van der Waals surface area (Å²) in [7, 11) is 0. The van der Waals surface area contributed by atoms with E-state index in [0.29, 0.717) is 22.3 Å². The number of nitrogens with one attached hydrogen (secondary N) is 1. The Hall–Kier alpha value is -2.04. The second kappa shape index (κ2) is 6.83. The van der Waals surface area contributed by atoms with Crippen LogP contribution < -0.4 is 10.2 Å². The van der Waals surface area contributed by atoms with Crippen LogP contribution in [0, 0.1) is 12.8 Å². The van der Waals surface area contributed by atoms with Gasteiger partial charge in [0.2, 0.25) is 11.8 Å². The van der Waals surface area contributed by atoms with E-state index in [1.54, 1.807) is 41.3 Å². The van der Waals surface area contributed by atoms with Crippen molar-refractivity contribution in [2.45, 2.75) is 13.3 Å². The lowest BCUT2D eigenvalue weighted by Gasteiger charge is -2.19. The first kappa shape index (κ1) is 16.8. The third-order valence-corrected chi connectivity index (χ3v) is 4.90. The van der Waals surface area contributed by atoms with Gasteiger partial charge < -0.3 is 10.2 Å². The van der Waals surface area contributed by atoms with Crippen molar-refractivity contribution in [3.63, 3.8) is 0 Å². The number of rotatable bonds is 3. The number of nitrogens with zero attached hydrogens (tertiary/aromatic N) is 1. The molecule has 1 fully saturated rings. The molecular formula is C18H16Cl2N2O2. The van der Waals surface area contributed by atoms with Gasteiger partial charge in [-0.1, -0.05) is 41.4 Å². The average molecular weight is 363 g/mol. The van der Waals surface area contributed by atoms with Crippen molar-refractivity contribution in [3.05, 3.63) is 58.1 Å². The van der Waals surface area contributed by atoms with Crippen LogP contribution in [0.25, 0.3) is 0 Å². The highest BCUT2D eigenvalue weighted by Crippen LogP contribution is 2.32. The van der Waals surface area contributed by atoms with Gasteiger partial charge in [-0.05, 0) is 36.8 Å². The van der Waals surface area contributed by atoms with Gasteiger partial charge in [0.25, 0.3) is 0 Å². The maximum Gasteiger partial charge on any atom is 0.229 e. The van der Waals surface area contributed by atoms with Crippen molar-refractivity contribution in [3.8, 4) is 0 Å². The molecule has 0 aromatic heterocycles. The maximum atomic E-state index is 12.5. The summed E-state index contributed by atoms with van der Waals surface area (Å²) in [5, 5.41) is 3.87. The zero-order chi connectivity index (χ0) is 17.3. The highest BCUT2D eigenvalue weighted by Gasteiger charge is 2.36. The highest BCUT2D eigenvalue weighted by atomic mass is 35.5. The molecule has 0 bridgehead atoms. The molecule has 124 valence electrons. The van der Waals surface area contributed by atoms with Gasteiger partial charge in [0.1, 0.15) is 0 Å². The first-order valence-corrected chi connectivity index (χ1v) is 8.34. The molecule has 2 amide bonds. The topological polar surface area (TPSA) is 49.4 Å². The molecule has 24 heavy (non-hydrogen) atoms. The van der Waals surface area contributed by atoms with Gasteiger partial charge >= 0.3 is 0 Å². The number of para-hydroxylation sites is 1. The van der Waals surface area contributed by atoms with Gasteiger partial charge in [0, 0.05) is 23.7 Å². The summed E-state index contributed by atoms with van der Waals surface area (Å²) < 4.78 is 0. The van der Waals surface area contributed by atoms with Gasteiger partial charge in [-0.2, -0.15) is 0 Å². The van der Waals surface area contributed by atoms with E-state index in [0.717, 1.165) is 11.3 Å². The smallest absolute Gasteiger partial charge is 0.229 e. The summed E-state index contributed by atoms with van der Waals surface area (Å²) in [6, 6.07) is 12.4. The molecule has 1 aliphatic rings. The van der Waals surface area contributed by atoms with E-state index in [9.17, 15) is 9.59 Å². The number of amides is 2. The zero-order valence-corrected chi connectivity index (χ0v) is 14.6. The molecule has 1 atom stereocenters. The molecule has 0 spiro atoms. The van der Waals surface area contributed by atoms with Gasteiger partial charge in [-0.3, -0.25) is 9.59 Å². The van der Waals surface area contributed by atoms with Crippen LogP contribution in [0.5, 0.6) is 0 Å².